The fourth-order valence-electron chi connectivity index (χ4n) is 1.24. The number of ether oxygens (including phenoxy) is 1. The molecule has 1 aromatic carbocycles. The Labute approximate surface area is 95.0 Å². The summed E-state index contributed by atoms with van der Waals surface area (Å²) in [5.41, 5.74) is 0.355. The van der Waals surface area contributed by atoms with Crippen LogP contribution in [0.25, 0.3) is 0 Å². The Morgan fingerprint density at radius 1 is 1.44 bits per heavy atom. The maximum Gasteiger partial charge on any atom is 0.489 e. The van der Waals surface area contributed by atoms with Crippen LogP contribution in [0, 0.1) is 0 Å². The van der Waals surface area contributed by atoms with Crippen molar-refractivity contribution in [2.75, 3.05) is 0 Å². The highest BCUT2D eigenvalue weighted by atomic mass is 16.5. The molecule has 1 rings (SSSR count). The molecule has 0 aliphatic rings. The molecule has 2 N–H and O–H groups in total. The Morgan fingerprint density at radius 2 is 2.06 bits per heavy atom. The fraction of sp³-hybridized carbons (Fsp3) is 0.364. The molecule has 0 aliphatic heterocycles. The molecule has 16 heavy (non-hydrogen) atoms. The van der Waals surface area contributed by atoms with Gasteiger partial charge in [0.25, 0.3) is 0 Å². The van der Waals surface area contributed by atoms with Gasteiger partial charge < -0.3 is 14.8 Å². The molecule has 1 unspecified atom stereocenters. The van der Waals surface area contributed by atoms with Crippen molar-refractivity contribution in [1.29, 1.82) is 0 Å². The molecule has 0 bridgehead atoms. The van der Waals surface area contributed by atoms with Crippen LogP contribution in [0.2, 0.25) is 0 Å². The minimum atomic E-state index is -1.67. The molecule has 4 nitrogen and oxygen atoms in total. The summed E-state index contributed by atoms with van der Waals surface area (Å²) >= 11 is 0. The maximum atomic E-state index is 11.7. The molecule has 0 aromatic heterocycles. The number of carbonyl (C=O) groups excluding carboxylic acids is 1. The summed E-state index contributed by atoms with van der Waals surface area (Å²) in [4.78, 5) is 11.7. The molecular weight excluding hydrogens is 207 g/mol. The van der Waals surface area contributed by atoms with Crippen LogP contribution in [-0.2, 0) is 4.74 Å². The summed E-state index contributed by atoms with van der Waals surface area (Å²) in [5.74, 6) is -0.530. The third-order valence-electron chi connectivity index (χ3n) is 2.34. The summed E-state index contributed by atoms with van der Waals surface area (Å²) in [6.45, 7) is 3.70. The van der Waals surface area contributed by atoms with Crippen molar-refractivity contribution in [3.05, 3.63) is 29.8 Å². The van der Waals surface area contributed by atoms with E-state index in [-0.39, 0.29) is 17.1 Å². The van der Waals surface area contributed by atoms with Crippen molar-refractivity contribution < 1.29 is 19.6 Å². The predicted molar refractivity (Wildman–Crippen MR) is 61.4 cm³/mol. The molecule has 86 valence electrons. The zero-order valence-corrected chi connectivity index (χ0v) is 9.38. The number of esters is 1. The second-order valence-corrected chi connectivity index (χ2v) is 3.59. The summed E-state index contributed by atoms with van der Waals surface area (Å²) in [6.07, 6.45) is 0.534. The molecule has 5 heteroatoms. The molecular formula is C11H15BO4. The SMILES string of the molecule is CCC(C)OC(=O)c1ccccc1B(O)O. The Hall–Kier alpha value is -1.33. The third-order valence-corrected chi connectivity index (χ3v) is 2.34. The topological polar surface area (TPSA) is 66.8 Å². The van der Waals surface area contributed by atoms with Gasteiger partial charge in [-0.15, -0.1) is 0 Å². The number of hydrogen-bond acceptors (Lipinski definition) is 4. The van der Waals surface area contributed by atoms with Gasteiger partial charge in [0.15, 0.2) is 0 Å². The average Bonchev–Trinajstić information content (AvgIpc) is 2.28. The van der Waals surface area contributed by atoms with Gasteiger partial charge in [-0.25, -0.2) is 4.79 Å². The van der Waals surface area contributed by atoms with Gasteiger partial charge in [-0.1, -0.05) is 25.1 Å². The van der Waals surface area contributed by atoms with Crippen molar-refractivity contribution in [2.24, 2.45) is 0 Å². The lowest BCUT2D eigenvalue weighted by Crippen LogP contribution is -2.35. The van der Waals surface area contributed by atoms with Crippen LogP contribution in [0.3, 0.4) is 0 Å². The number of benzene rings is 1. The molecule has 0 aliphatic carbocycles. The van der Waals surface area contributed by atoms with Crippen molar-refractivity contribution >= 4 is 18.6 Å². The van der Waals surface area contributed by atoms with Crippen molar-refractivity contribution in [3.63, 3.8) is 0 Å². The van der Waals surface area contributed by atoms with Crippen LogP contribution < -0.4 is 5.46 Å². The molecule has 0 saturated heterocycles. The minimum absolute atomic E-state index is 0.163. The summed E-state index contributed by atoms with van der Waals surface area (Å²) < 4.78 is 5.12. The van der Waals surface area contributed by atoms with Crippen molar-refractivity contribution in [2.45, 2.75) is 26.4 Å². The van der Waals surface area contributed by atoms with Crippen LogP contribution in [0.4, 0.5) is 0 Å². The van der Waals surface area contributed by atoms with Gasteiger partial charge in [-0.3, -0.25) is 0 Å². The highest BCUT2D eigenvalue weighted by Gasteiger charge is 2.21. The normalized spacial score (nSPS) is 12.0. The average molecular weight is 222 g/mol. The lowest BCUT2D eigenvalue weighted by atomic mass is 9.77. The summed E-state index contributed by atoms with van der Waals surface area (Å²) in [5, 5.41) is 18.2. The van der Waals surface area contributed by atoms with E-state index in [1.807, 2.05) is 6.92 Å². The van der Waals surface area contributed by atoms with Crippen LogP contribution in [0.5, 0.6) is 0 Å². The second-order valence-electron chi connectivity index (χ2n) is 3.59. The molecule has 1 atom stereocenters. The van der Waals surface area contributed by atoms with E-state index >= 15 is 0 Å². The van der Waals surface area contributed by atoms with Gasteiger partial charge >= 0.3 is 13.1 Å². The standard InChI is InChI=1S/C11H15BO4/c1-3-8(2)16-11(13)9-6-4-5-7-10(9)12(14)15/h4-8,14-15H,3H2,1-2H3. The van der Waals surface area contributed by atoms with Gasteiger partial charge in [0.2, 0.25) is 0 Å². The highest BCUT2D eigenvalue weighted by molar-refractivity contribution is 6.60. The van der Waals surface area contributed by atoms with Crippen LogP contribution in [0.1, 0.15) is 30.6 Å². The van der Waals surface area contributed by atoms with Gasteiger partial charge in [-0.2, -0.15) is 0 Å². The van der Waals surface area contributed by atoms with E-state index in [4.69, 9.17) is 14.8 Å². The van der Waals surface area contributed by atoms with E-state index in [0.29, 0.717) is 0 Å². The number of hydrogen-bond donors (Lipinski definition) is 2. The highest BCUT2D eigenvalue weighted by Crippen LogP contribution is 2.04. The van der Waals surface area contributed by atoms with Gasteiger partial charge in [-0.05, 0) is 24.9 Å². The van der Waals surface area contributed by atoms with Gasteiger partial charge in [0.05, 0.1) is 11.7 Å². The molecule has 0 heterocycles. The fourth-order valence-corrected chi connectivity index (χ4v) is 1.24. The van der Waals surface area contributed by atoms with Crippen LogP contribution in [0.15, 0.2) is 24.3 Å². The quantitative estimate of drug-likeness (QED) is 0.568. The molecule has 0 spiro atoms. The minimum Gasteiger partial charge on any atom is -0.459 e. The number of carbonyl (C=O) groups is 1. The monoisotopic (exact) mass is 222 g/mol. The Bertz CT molecular complexity index is 365. The Balaban J connectivity index is 2.90. The van der Waals surface area contributed by atoms with E-state index in [9.17, 15) is 4.79 Å². The molecule has 0 fully saturated rings. The molecule has 0 amide bonds. The maximum absolute atomic E-state index is 11.7. The molecule has 0 radical (unpaired) electrons. The van der Waals surface area contributed by atoms with Crippen LogP contribution >= 0.6 is 0 Å². The first-order valence-corrected chi connectivity index (χ1v) is 5.22. The zero-order valence-electron chi connectivity index (χ0n) is 9.38. The van der Waals surface area contributed by atoms with Crippen molar-refractivity contribution in [1.82, 2.24) is 0 Å². The first kappa shape index (κ1) is 12.7. The second kappa shape index (κ2) is 5.68. The summed E-state index contributed by atoms with van der Waals surface area (Å²) in [7, 11) is -1.67. The smallest absolute Gasteiger partial charge is 0.459 e. The number of rotatable bonds is 4. The Morgan fingerprint density at radius 3 is 2.62 bits per heavy atom. The van der Waals surface area contributed by atoms with E-state index < -0.39 is 13.1 Å². The van der Waals surface area contributed by atoms with E-state index in [2.05, 4.69) is 0 Å². The third kappa shape index (κ3) is 3.08. The largest absolute Gasteiger partial charge is 0.489 e. The summed E-state index contributed by atoms with van der Waals surface area (Å²) in [6, 6.07) is 6.28. The van der Waals surface area contributed by atoms with E-state index in [1.54, 1.807) is 19.1 Å². The first-order valence-electron chi connectivity index (χ1n) is 5.22. The predicted octanol–water partition coefficient (Wildman–Crippen LogP) is 0.322. The van der Waals surface area contributed by atoms with Gasteiger partial charge in [0, 0.05) is 0 Å². The van der Waals surface area contributed by atoms with E-state index in [1.165, 1.54) is 12.1 Å². The zero-order chi connectivity index (χ0) is 12.1. The van der Waals surface area contributed by atoms with E-state index in [0.717, 1.165) is 6.42 Å². The van der Waals surface area contributed by atoms with Crippen LogP contribution in [-0.4, -0.2) is 29.2 Å². The Kier molecular flexibility index (Phi) is 4.52. The molecule has 1 aromatic rings. The lowest BCUT2D eigenvalue weighted by molar-refractivity contribution is 0.0335. The van der Waals surface area contributed by atoms with Gasteiger partial charge in [0.1, 0.15) is 0 Å². The molecule has 0 saturated carbocycles. The van der Waals surface area contributed by atoms with Crippen molar-refractivity contribution in [3.8, 4) is 0 Å². The lowest BCUT2D eigenvalue weighted by Gasteiger charge is -2.13. The first-order chi connectivity index (χ1) is 7.56.